The van der Waals surface area contributed by atoms with Crippen molar-refractivity contribution in [1.82, 2.24) is 15.2 Å². The molecular formula is C18H25N3O2S. The largest absolute Gasteiger partial charge is 0.459 e. The summed E-state index contributed by atoms with van der Waals surface area (Å²) in [6.45, 7) is 6.87. The van der Waals surface area contributed by atoms with E-state index in [0.717, 1.165) is 61.1 Å². The maximum absolute atomic E-state index is 12.8. The van der Waals surface area contributed by atoms with Gasteiger partial charge in [-0.25, -0.2) is 4.98 Å². The van der Waals surface area contributed by atoms with Crippen LogP contribution in [-0.2, 0) is 11.2 Å². The first-order valence-corrected chi connectivity index (χ1v) is 9.56. The standard InChI is InChI=1S/C18H25N3O2S/c1-3-10-21(15-6-8-19-9-7-15)17(22)11-14-12-24-18(20-14)16-5-4-13(2)23-16/h4-5,12,15,19H,3,6-11H2,1-2H3. The molecule has 0 saturated carbocycles. The SMILES string of the molecule is CCCN(C(=O)Cc1csc(-c2ccc(C)o2)n1)C1CCNCC1. The van der Waals surface area contributed by atoms with Crippen LogP contribution in [0.3, 0.4) is 0 Å². The van der Waals surface area contributed by atoms with E-state index in [1.807, 2.05) is 24.4 Å². The molecule has 2 aromatic rings. The number of thiazole rings is 1. The third kappa shape index (κ3) is 4.05. The number of aromatic nitrogens is 1. The Morgan fingerprint density at radius 1 is 1.42 bits per heavy atom. The molecular weight excluding hydrogens is 322 g/mol. The zero-order chi connectivity index (χ0) is 16.9. The normalized spacial score (nSPS) is 15.6. The van der Waals surface area contributed by atoms with Gasteiger partial charge >= 0.3 is 0 Å². The lowest BCUT2D eigenvalue weighted by atomic mass is 10.0. The van der Waals surface area contributed by atoms with Crippen LogP contribution < -0.4 is 5.32 Å². The maximum Gasteiger partial charge on any atom is 0.228 e. The summed E-state index contributed by atoms with van der Waals surface area (Å²) in [6, 6.07) is 4.23. The first-order valence-electron chi connectivity index (χ1n) is 8.68. The highest BCUT2D eigenvalue weighted by molar-refractivity contribution is 7.13. The molecule has 0 aliphatic carbocycles. The van der Waals surface area contributed by atoms with Crippen LogP contribution in [0.15, 0.2) is 21.9 Å². The van der Waals surface area contributed by atoms with Crippen LogP contribution in [0.5, 0.6) is 0 Å². The molecule has 1 aliphatic heterocycles. The first kappa shape index (κ1) is 17.2. The summed E-state index contributed by atoms with van der Waals surface area (Å²) in [5.41, 5.74) is 0.837. The van der Waals surface area contributed by atoms with E-state index in [-0.39, 0.29) is 5.91 Å². The minimum Gasteiger partial charge on any atom is -0.459 e. The van der Waals surface area contributed by atoms with Gasteiger partial charge in [0, 0.05) is 18.0 Å². The summed E-state index contributed by atoms with van der Waals surface area (Å²) in [5, 5.41) is 6.18. The van der Waals surface area contributed by atoms with E-state index in [1.54, 1.807) is 0 Å². The lowest BCUT2D eigenvalue weighted by Crippen LogP contribution is -2.47. The number of carbonyl (C=O) groups excluding carboxylic acids is 1. The van der Waals surface area contributed by atoms with Gasteiger partial charge in [-0.15, -0.1) is 11.3 Å². The molecule has 1 saturated heterocycles. The van der Waals surface area contributed by atoms with Crippen molar-refractivity contribution in [3.05, 3.63) is 29.0 Å². The summed E-state index contributed by atoms with van der Waals surface area (Å²) in [5.74, 6) is 1.84. The number of amides is 1. The highest BCUT2D eigenvalue weighted by Gasteiger charge is 2.25. The zero-order valence-electron chi connectivity index (χ0n) is 14.4. The number of furan rings is 1. The van der Waals surface area contributed by atoms with Crippen LogP contribution in [0.1, 0.15) is 37.6 Å². The molecule has 24 heavy (non-hydrogen) atoms. The van der Waals surface area contributed by atoms with E-state index in [2.05, 4.69) is 22.1 Å². The van der Waals surface area contributed by atoms with Crippen molar-refractivity contribution in [2.24, 2.45) is 0 Å². The Morgan fingerprint density at radius 3 is 2.88 bits per heavy atom. The zero-order valence-corrected chi connectivity index (χ0v) is 15.2. The van der Waals surface area contributed by atoms with Gasteiger partial charge < -0.3 is 14.6 Å². The van der Waals surface area contributed by atoms with Crippen LogP contribution in [0.4, 0.5) is 0 Å². The minimum absolute atomic E-state index is 0.191. The van der Waals surface area contributed by atoms with Crippen LogP contribution in [0.2, 0.25) is 0 Å². The van der Waals surface area contributed by atoms with E-state index >= 15 is 0 Å². The molecule has 0 aromatic carbocycles. The highest BCUT2D eigenvalue weighted by Crippen LogP contribution is 2.26. The first-order chi connectivity index (χ1) is 11.7. The second-order valence-corrected chi connectivity index (χ2v) is 7.16. The fourth-order valence-electron chi connectivity index (χ4n) is 3.18. The van der Waals surface area contributed by atoms with Crippen molar-refractivity contribution < 1.29 is 9.21 Å². The number of aryl methyl sites for hydroxylation is 1. The summed E-state index contributed by atoms with van der Waals surface area (Å²) >= 11 is 1.53. The average molecular weight is 347 g/mol. The predicted octanol–water partition coefficient (Wildman–Crippen LogP) is 3.24. The second-order valence-electron chi connectivity index (χ2n) is 6.30. The third-order valence-electron chi connectivity index (χ3n) is 4.37. The number of carbonyl (C=O) groups is 1. The molecule has 2 aromatic heterocycles. The average Bonchev–Trinajstić information content (AvgIpc) is 3.22. The number of hydrogen-bond donors (Lipinski definition) is 1. The molecule has 0 atom stereocenters. The van der Waals surface area contributed by atoms with Crippen molar-refractivity contribution in [1.29, 1.82) is 0 Å². The van der Waals surface area contributed by atoms with Gasteiger partial charge in [0.25, 0.3) is 0 Å². The molecule has 1 N–H and O–H groups in total. The maximum atomic E-state index is 12.8. The molecule has 130 valence electrons. The molecule has 1 amide bonds. The Kier molecular flexibility index (Phi) is 5.68. The molecule has 0 unspecified atom stereocenters. The van der Waals surface area contributed by atoms with Gasteiger partial charge in [0.2, 0.25) is 5.91 Å². The smallest absolute Gasteiger partial charge is 0.228 e. The number of hydrogen-bond acceptors (Lipinski definition) is 5. The van der Waals surface area contributed by atoms with Gasteiger partial charge in [-0.05, 0) is 51.4 Å². The molecule has 3 heterocycles. The summed E-state index contributed by atoms with van der Waals surface area (Å²) < 4.78 is 5.61. The molecule has 6 heteroatoms. The Hall–Kier alpha value is -1.66. The topological polar surface area (TPSA) is 58.4 Å². The van der Waals surface area contributed by atoms with Crippen LogP contribution >= 0.6 is 11.3 Å². The predicted molar refractivity (Wildman–Crippen MR) is 96.2 cm³/mol. The Morgan fingerprint density at radius 2 is 2.21 bits per heavy atom. The Labute approximate surface area is 147 Å². The minimum atomic E-state index is 0.191. The number of nitrogens with zero attached hydrogens (tertiary/aromatic N) is 2. The van der Waals surface area contributed by atoms with Gasteiger partial charge in [-0.1, -0.05) is 6.92 Å². The molecule has 5 nitrogen and oxygen atoms in total. The van der Waals surface area contributed by atoms with Gasteiger partial charge in [0.05, 0.1) is 12.1 Å². The van der Waals surface area contributed by atoms with Gasteiger partial charge in [0.1, 0.15) is 5.76 Å². The number of rotatable bonds is 6. The molecule has 1 aliphatic rings. The Balaban J connectivity index is 1.67. The summed E-state index contributed by atoms with van der Waals surface area (Å²) in [7, 11) is 0. The Bertz CT molecular complexity index is 673. The van der Waals surface area contributed by atoms with Crippen molar-refractivity contribution >= 4 is 17.2 Å². The molecule has 1 fully saturated rings. The lowest BCUT2D eigenvalue weighted by Gasteiger charge is -2.34. The molecule has 0 radical (unpaired) electrons. The number of piperidine rings is 1. The second kappa shape index (κ2) is 7.94. The van der Waals surface area contributed by atoms with Crippen LogP contribution in [0, 0.1) is 6.92 Å². The van der Waals surface area contributed by atoms with Crippen molar-refractivity contribution in [3.63, 3.8) is 0 Å². The molecule has 3 rings (SSSR count). The van der Waals surface area contributed by atoms with E-state index < -0.39 is 0 Å². The van der Waals surface area contributed by atoms with Crippen molar-refractivity contribution in [2.45, 2.75) is 45.6 Å². The van der Waals surface area contributed by atoms with Crippen LogP contribution in [-0.4, -0.2) is 41.5 Å². The van der Waals surface area contributed by atoms with Crippen LogP contribution in [0.25, 0.3) is 10.8 Å². The van der Waals surface area contributed by atoms with E-state index in [1.165, 1.54) is 11.3 Å². The van der Waals surface area contributed by atoms with Gasteiger partial charge in [0.15, 0.2) is 10.8 Å². The van der Waals surface area contributed by atoms with E-state index in [9.17, 15) is 4.79 Å². The van der Waals surface area contributed by atoms with Crippen molar-refractivity contribution in [2.75, 3.05) is 19.6 Å². The highest BCUT2D eigenvalue weighted by atomic mass is 32.1. The number of nitrogens with one attached hydrogen (secondary N) is 1. The third-order valence-corrected chi connectivity index (χ3v) is 5.28. The van der Waals surface area contributed by atoms with Gasteiger partial charge in [-0.3, -0.25) is 4.79 Å². The monoisotopic (exact) mass is 347 g/mol. The molecule has 0 bridgehead atoms. The fraction of sp³-hybridized carbons (Fsp3) is 0.556. The fourth-order valence-corrected chi connectivity index (χ4v) is 3.96. The van der Waals surface area contributed by atoms with E-state index in [0.29, 0.717) is 12.5 Å². The summed E-state index contributed by atoms with van der Waals surface area (Å²) in [6.07, 6.45) is 3.45. The summed E-state index contributed by atoms with van der Waals surface area (Å²) in [4.78, 5) is 19.5. The molecule has 0 spiro atoms. The quantitative estimate of drug-likeness (QED) is 0.871. The van der Waals surface area contributed by atoms with Crippen molar-refractivity contribution in [3.8, 4) is 10.8 Å². The lowest BCUT2D eigenvalue weighted by molar-refractivity contribution is -0.133. The van der Waals surface area contributed by atoms with E-state index in [4.69, 9.17) is 4.42 Å². The van der Waals surface area contributed by atoms with Gasteiger partial charge in [-0.2, -0.15) is 0 Å².